The Bertz CT molecular complexity index is 3300. The maximum Gasteiger partial charge on any atom is 0.326 e. The summed E-state index contributed by atoms with van der Waals surface area (Å²) in [5.74, 6) is 0. The second-order valence-electron chi connectivity index (χ2n) is 22.3. The average Bonchev–Trinajstić information content (AvgIpc) is 4.27. The highest BCUT2D eigenvalue weighted by atomic mass is 35.8. The van der Waals surface area contributed by atoms with Gasteiger partial charge in [-0.1, -0.05) is 157 Å². The van der Waals surface area contributed by atoms with Crippen LogP contribution < -0.4 is 9.13 Å². The molecule has 0 spiro atoms. The number of nitrogens with zero attached hydrogens (tertiary/aromatic N) is 4. The number of hydrogen-bond acceptors (Lipinski definition) is 7. The number of aryl methyl sites for hydroxylation is 2. The summed E-state index contributed by atoms with van der Waals surface area (Å²) in [5.41, 5.74) is 9.15. The fourth-order valence-electron chi connectivity index (χ4n) is 10.1. The van der Waals surface area contributed by atoms with Crippen LogP contribution in [0.25, 0.3) is 0 Å². The molecule has 432 valence electrons. The summed E-state index contributed by atoms with van der Waals surface area (Å²) in [5, 5.41) is 0. The van der Waals surface area contributed by atoms with Crippen molar-refractivity contribution < 1.29 is 39.6 Å². The molecule has 0 bridgehead atoms. The van der Waals surface area contributed by atoms with E-state index in [1.165, 1.54) is 59.4 Å². The van der Waals surface area contributed by atoms with E-state index in [1.54, 1.807) is 24.3 Å². The minimum Gasteiger partial charge on any atom is -0.744 e. The smallest absolute Gasteiger partial charge is 0.326 e. The Morgan fingerprint density at radius 1 is 0.519 bits per heavy atom. The molecule has 2 saturated heterocycles. The van der Waals surface area contributed by atoms with Crippen molar-refractivity contribution in [3.8, 4) is 0 Å². The Kier molecular flexibility index (Phi) is 23.6. The van der Waals surface area contributed by atoms with E-state index in [9.17, 15) is 30.5 Å². The molecule has 0 unspecified atom stereocenters. The predicted molar refractivity (Wildman–Crippen MR) is 332 cm³/mol. The summed E-state index contributed by atoms with van der Waals surface area (Å²) >= 11 is 14.8. The van der Waals surface area contributed by atoms with Crippen LogP contribution in [0.2, 0.25) is 0 Å². The fraction of sp³-hybridized carbons (Fsp3) is 0.323. The lowest BCUT2D eigenvalue weighted by atomic mass is 10.0. The van der Waals surface area contributed by atoms with E-state index in [-0.39, 0.29) is 40.1 Å². The van der Waals surface area contributed by atoms with Crippen molar-refractivity contribution in [2.45, 2.75) is 137 Å². The molecule has 0 aliphatic carbocycles. The molecule has 4 atom stereocenters. The van der Waals surface area contributed by atoms with Crippen molar-refractivity contribution in [1.82, 2.24) is 9.13 Å². The molecule has 10 rings (SSSR count). The van der Waals surface area contributed by atoms with E-state index >= 15 is 0 Å². The normalized spacial score (nSPS) is 18.0. The van der Waals surface area contributed by atoms with E-state index in [0.29, 0.717) is 17.6 Å². The number of hydrogen-bond donors (Lipinski definition) is 0. The topological polar surface area (TPSA) is 149 Å². The first kappa shape index (κ1) is 65.5. The molecule has 6 aromatic carbocycles. The summed E-state index contributed by atoms with van der Waals surface area (Å²) in [4.78, 5) is -0.355. The zero-order valence-corrected chi connectivity index (χ0v) is 54.1. The largest absolute Gasteiger partial charge is 0.744 e. The minimum absolute atomic E-state index is 0.0209. The molecule has 8 aromatic rings. The van der Waals surface area contributed by atoms with Crippen LogP contribution in [-0.4, -0.2) is 41.8 Å². The standard InChI is InChI=1S/C24H30N2OP.C24H30N2P.2C7H8O3S.Cl3HSi/c1-24(2,3)26-17-16-25(18-26)19-28(27)22(20-10-6-4-7-11-20)14-15-23(28)21-12-8-5-9-13-21;1-24(2,3)26-17-16-25(18-26)19-27-22(20-10-6-4-7-11-20)14-15-23(27)21-12-8-5-9-13-21;2*1-6-2-4-7(5-3-6)11(8,9)10;1-4(2)3/h4-13,16-18,22-23H,14-15,19H2,1-3H3;4-13,16-18,22-23H,14-15,19H2,1-3H3;2*2-5H,1H3,(H,8,9,10);4H/q2*+1;;;/p-2/t2*22-,23-;;;/m00.../s1. The van der Waals surface area contributed by atoms with Crippen LogP contribution in [0.5, 0.6) is 0 Å². The van der Waals surface area contributed by atoms with Crippen molar-refractivity contribution in [2.24, 2.45) is 0 Å². The summed E-state index contributed by atoms with van der Waals surface area (Å²) in [7, 11) is -11.3. The molecule has 2 aliphatic heterocycles. The van der Waals surface area contributed by atoms with Gasteiger partial charge >= 0.3 is 6.73 Å². The first-order valence-corrected chi connectivity index (χ1v) is 38.5. The Morgan fingerprint density at radius 3 is 1.14 bits per heavy atom. The Hall–Kier alpha value is -4.69. The van der Waals surface area contributed by atoms with E-state index < -0.39 is 34.1 Å². The average molecular weight is 1250 g/mol. The third kappa shape index (κ3) is 19.4. The van der Waals surface area contributed by atoms with E-state index in [1.807, 2.05) is 26.0 Å². The Labute approximate surface area is 498 Å². The van der Waals surface area contributed by atoms with Crippen molar-refractivity contribution in [2.75, 3.05) is 0 Å². The Balaban J connectivity index is 0.000000184. The zero-order chi connectivity index (χ0) is 59.2. The molecule has 2 aliphatic rings. The number of rotatable bonds is 10. The molecule has 11 nitrogen and oxygen atoms in total. The van der Waals surface area contributed by atoms with Gasteiger partial charge in [-0.25, -0.2) is 35.1 Å². The van der Waals surface area contributed by atoms with E-state index in [4.69, 9.17) is 33.2 Å². The third-order valence-electron chi connectivity index (χ3n) is 14.3. The highest BCUT2D eigenvalue weighted by Gasteiger charge is 2.49. The van der Waals surface area contributed by atoms with Crippen LogP contribution in [0.4, 0.5) is 0 Å². The van der Waals surface area contributed by atoms with Gasteiger partial charge in [0.05, 0.1) is 9.79 Å². The second-order valence-corrected chi connectivity index (χ2v) is 37.3. The van der Waals surface area contributed by atoms with Gasteiger partial charge in [0.15, 0.2) is 0 Å². The zero-order valence-electron chi connectivity index (χ0n) is 47.3. The fourth-order valence-corrected chi connectivity index (χ4v) is 18.5. The molecule has 0 radical (unpaired) electrons. The summed E-state index contributed by atoms with van der Waals surface area (Å²) in [6.07, 6.45) is 19.4. The number of aromatic nitrogens is 4. The maximum atomic E-state index is 14.7. The van der Waals surface area contributed by atoms with Crippen LogP contribution in [0.15, 0.2) is 217 Å². The Morgan fingerprint density at radius 2 is 0.827 bits per heavy atom. The van der Waals surface area contributed by atoms with Gasteiger partial charge in [-0.15, -0.1) is 33.2 Å². The first-order chi connectivity index (χ1) is 38.1. The number of imidazole rings is 2. The van der Waals surface area contributed by atoms with Crippen LogP contribution in [-0.2, 0) is 48.5 Å². The molecule has 2 aromatic heterocycles. The molecule has 0 amide bonds. The number of halogens is 3. The van der Waals surface area contributed by atoms with Gasteiger partial charge < -0.3 is 13.7 Å². The van der Waals surface area contributed by atoms with Gasteiger partial charge in [0.25, 0.3) is 0 Å². The van der Waals surface area contributed by atoms with Crippen LogP contribution in [0.3, 0.4) is 0 Å². The summed E-state index contributed by atoms with van der Waals surface area (Å²) in [6, 6.07) is 54.9. The summed E-state index contributed by atoms with van der Waals surface area (Å²) in [6.45, 7) is 15.3. The van der Waals surface area contributed by atoms with Crippen molar-refractivity contribution in [3.63, 3.8) is 0 Å². The maximum absolute atomic E-state index is 14.7. The molecular weight excluding hydrogens is 1170 g/mol. The van der Waals surface area contributed by atoms with Crippen LogP contribution in [0.1, 0.15) is 123 Å². The lowest BCUT2D eigenvalue weighted by Gasteiger charge is -2.25. The molecule has 0 N–H and O–H groups in total. The van der Waals surface area contributed by atoms with Gasteiger partial charge in [0.2, 0.25) is 12.7 Å². The van der Waals surface area contributed by atoms with E-state index in [0.717, 1.165) is 30.3 Å². The number of benzene rings is 6. The van der Waals surface area contributed by atoms with Crippen LogP contribution >= 0.6 is 48.3 Å². The quantitative estimate of drug-likeness (QED) is 0.0435. The molecule has 4 heterocycles. The highest BCUT2D eigenvalue weighted by Crippen LogP contribution is 2.76. The lowest BCUT2D eigenvalue weighted by molar-refractivity contribution is -0.678. The van der Waals surface area contributed by atoms with Crippen molar-refractivity contribution >= 4 is 75.3 Å². The minimum atomic E-state index is -4.27. The third-order valence-corrected chi connectivity index (χ3v) is 23.3. The molecule has 81 heavy (non-hydrogen) atoms. The molecule has 0 saturated carbocycles. The van der Waals surface area contributed by atoms with Gasteiger partial charge in [-0.3, -0.25) is 0 Å². The van der Waals surface area contributed by atoms with Gasteiger partial charge in [-0.05, 0) is 136 Å². The van der Waals surface area contributed by atoms with Crippen molar-refractivity contribution in [1.29, 1.82) is 0 Å². The van der Waals surface area contributed by atoms with Gasteiger partial charge in [0.1, 0.15) is 75.8 Å². The monoisotopic (exact) mass is 1250 g/mol. The van der Waals surface area contributed by atoms with E-state index in [2.05, 4.69) is 206 Å². The lowest BCUT2D eigenvalue weighted by Crippen LogP contribution is -2.33. The molecular formula is C62H75Cl3N4O7P2S2Si. The second kappa shape index (κ2) is 29.2. The summed E-state index contributed by atoms with van der Waals surface area (Å²) < 4.78 is 86.1. The van der Waals surface area contributed by atoms with Crippen LogP contribution in [0, 0.1) is 13.8 Å². The molecule has 2 fully saturated rings. The van der Waals surface area contributed by atoms with Crippen molar-refractivity contribution in [3.05, 3.63) is 241 Å². The predicted octanol–water partition coefficient (Wildman–Crippen LogP) is 15.6. The highest BCUT2D eigenvalue weighted by molar-refractivity contribution is 7.86. The first-order valence-electron chi connectivity index (χ1n) is 26.8. The SMILES string of the molecule is CC(C)(C)n1cc[n+](CP2(=O)[C@H](c3ccccc3)CC[C@H]2c2ccccc2)c1.CC(C)(C)n1cc[n+](CP2[C@H](c3ccccc3)CC[C@H]2c2ccccc2)c1.Cc1ccc(S(=O)(=O)[O-])cc1.Cc1ccc(S(=O)(=O)[O-])cc1.Cl[SiH](Cl)Cl. The van der Waals surface area contributed by atoms with Gasteiger partial charge in [0, 0.05) is 22.6 Å². The molecule has 19 heteroatoms. The van der Waals surface area contributed by atoms with Gasteiger partial charge in [-0.2, -0.15) is 0 Å².